The first-order valence-corrected chi connectivity index (χ1v) is 9.87. The second-order valence-corrected chi connectivity index (χ2v) is 8.79. The van der Waals surface area contributed by atoms with Crippen LogP contribution in [0.3, 0.4) is 0 Å². The molecule has 3 N–H and O–H groups in total. The van der Waals surface area contributed by atoms with Crippen LogP contribution in [0.25, 0.3) is 0 Å². The molecule has 2 unspecified atom stereocenters. The Bertz CT molecular complexity index is 987. The number of nitrogens with two attached hydrogens (primary N) is 1. The van der Waals surface area contributed by atoms with Crippen LogP contribution in [-0.4, -0.2) is 21.4 Å². The second kappa shape index (κ2) is 6.61. The van der Waals surface area contributed by atoms with Crippen LogP contribution < -0.4 is 15.2 Å². The topological polar surface area (TPSA) is 98.5 Å². The lowest BCUT2D eigenvalue weighted by atomic mass is 10.0. The van der Waals surface area contributed by atoms with Gasteiger partial charge in [-0.05, 0) is 35.2 Å². The third-order valence-corrected chi connectivity index (χ3v) is 6.03. The second-order valence-electron chi connectivity index (χ2n) is 7.22. The summed E-state index contributed by atoms with van der Waals surface area (Å²) in [5.74, 6) is -0.782. The van der Waals surface area contributed by atoms with E-state index in [0.29, 0.717) is 5.75 Å². The molecule has 0 aromatic heterocycles. The zero-order chi connectivity index (χ0) is 20.0. The third-order valence-electron chi connectivity index (χ3n) is 5.10. The number of carbonyl (C=O) groups is 1. The fourth-order valence-corrected chi connectivity index (χ4v) is 4.12. The Balaban J connectivity index is 1.81. The normalized spacial score (nSPS) is 20.8. The van der Waals surface area contributed by atoms with Gasteiger partial charge in [-0.3, -0.25) is 4.79 Å². The van der Waals surface area contributed by atoms with Gasteiger partial charge in [0.1, 0.15) is 11.6 Å². The number of sulfonamides is 1. The highest BCUT2D eigenvalue weighted by molar-refractivity contribution is 7.89. The number of benzene rings is 2. The van der Waals surface area contributed by atoms with Crippen LogP contribution in [0.15, 0.2) is 47.4 Å². The number of halogens is 1. The van der Waals surface area contributed by atoms with Crippen molar-refractivity contribution in [3.8, 4) is 5.75 Å². The van der Waals surface area contributed by atoms with E-state index >= 15 is 0 Å². The summed E-state index contributed by atoms with van der Waals surface area (Å²) in [5.41, 5.74) is 0.792. The summed E-state index contributed by atoms with van der Waals surface area (Å²) >= 11 is 0. The minimum atomic E-state index is -3.76. The molecule has 2 aromatic carbocycles. The van der Waals surface area contributed by atoms with E-state index in [2.05, 4.69) is 5.32 Å². The zero-order valence-corrected chi connectivity index (χ0v) is 16.0. The molecule has 1 aliphatic rings. The highest BCUT2D eigenvalue weighted by Gasteiger charge is 2.62. The summed E-state index contributed by atoms with van der Waals surface area (Å²) < 4.78 is 41.5. The van der Waals surface area contributed by atoms with Crippen LogP contribution in [0.4, 0.5) is 10.1 Å². The van der Waals surface area contributed by atoms with Gasteiger partial charge in [-0.25, -0.2) is 17.9 Å². The number of nitrogens with one attached hydrogen (secondary N) is 1. The Morgan fingerprint density at radius 3 is 2.37 bits per heavy atom. The molecule has 27 heavy (non-hydrogen) atoms. The SMILES string of the molecule is COc1ccc(F)cc1NC(=O)C1C(c2ccc(S(N)(=O)=O)cc2)C1(C)C. The number of carbonyl (C=O) groups excluding carboxylic acids is 1. The number of ether oxygens (including phenoxy) is 1. The van der Waals surface area contributed by atoms with Gasteiger partial charge in [-0.15, -0.1) is 0 Å². The predicted molar refractivity (Wildman–Crippen MR) is 99.4 cm³/mol. The lowest BCUT2D eigenvalue weighted by Crippen LogP contribution is -2.17. The molecular formula is C19H21FN2O4S. The summed E-state index contributed by atoms with van der Waals surface area (Å²) in [7, 11) is -2.32. The molecule has 8 heteroatoms. The first-order valence-electron chi connectivity index (χ1n) is 8.33. The van der Waals surface area contributed by atoms with Crippen molar-refractivity contribution in [2.45, 2.75) is 24.7 Å². The molecular weight excluding hydrogens is 371 g/mol. The monoisotopic (exact) mass is 392 g/mol. The maximum atomic E-state index is 13.5. The summed E-state index contributed by atoms with van der Waals surface area (Å²) in [6.07, 6.45) is 0. The van der Waals surface area contributed by atoms with Crippen molar-refractivity contribution in [2.75, 3.05) is 12.4 Å². The zero-order valence-electron chi connectivity index (χ0n) is 15.2. The van der Waals surface area contributed by atoms with Crippen LogP contribution in [0.2, 0.25) is 0 Å². The number of hydrogen-bond donors (Lipinski definition) is 2. The van der Waals surface area contributed by atoms with E-state index in [1.165, 1.54) is 37.4 Å². The smallest absolute Gasteiger partial charge is 0.238 e. The Hall–Kier alpha value is -2.45. The third kappa shape index (κ3) is 3.68. The summed E-state index contributed by atoms with van der Waals surface area (Å²) in [6.45, 7) is 3.91. The van der Waals surface area contributed by atoms with Crippen LogP contribution in [0.5, 0.6) is 5.75 Å². The molecule has 1 aliphatic carbocycles. The number of rotatable bonds is 5. The van der Waals surface area contributed by atoms with E-state index in [1.54, 1.807) is 12.1 Å². The molecule has 0 spiro atoms. The quantitative estimate of drug-likeness (QED) is 0.817. The van der Waals surface area contributed by atoms with Gasteiger partial charge in [0.05, 0.1) is 23.6 Å². The van der Waals surface area contributed by atoms with Crippen molar-refractivity contribution < 1.29 is 22.3 Å². The molecule has 0 bridgehead atoms. The van der Waals surface area contributed by atoms with Crippen molar-refractivity contribution in [3.63, 3.8) is 0 Å². The molecule has 2 atom stereocenters. The summed E-state index contributed by atoms with van der Waals surface area (Å²) in [4.78, 5) is 12.8. The van der Waals surface area contributed by atoms with Crippen LogP contribution >= 0.6 is 0 Å². The molecule has 0 saturated heterocycles. The molecule has 144 valence electrons. The van der Waals surface area contributed by atoms with E-state index in [0.717, 1.165) is 5.56 Å². The van der Waals surface area contributed by atoms with Gasteiger partial charge in [0, 0.05) is 12.0 Å². The van der Waals surface area contributed by atoms with Gasteiger partial charge in [-0.2, -0.15) is 0 Å². The Morgan fingerprint density at radius 2 is 1.81 bits per heavy atom. The largest absolute Gasteiger partial charge is 0.495 e. The maximum Gasteiger partial charge on any atom is 0.238 e. The van der Waals surface area contributed by atoms with Crippen molar-refractivity contribution in [3.05, 3.63) is 53.8 Å². The van der Waals surface area contributed by atoms with E-state index < -0.39 is 15.8 Å². The highest BCUT2D eigenvalue weighted by atomic mass is 32.2. The molecule has 1 fully saturated rings. The van der Waals surface area contributed by atoms with Gasteiger partial charge in [0.15, 0.2) is 0 Å². The van der Waals surface area contributed by atoms with E-state index in [-0.39, 0.29) is 33.7 Å². The lowest BCUT2D eigenvalue weighted by Gasteiger charge is -2.10. The number of primary sulfonamides is 1. The molecule has 2 aromatic rings. The molecule has 1 amide bonds. The van der Waals surface area contributed by atoms with Gasteiger partial charge in [-0.1, -0.05) is 26.0 Å². The standard InChI is InChI=1S/C19H21FN2O4S/c1-19(2)16(11-4-7-13(8-5-11)27(21,24)25)17(19)18(23)22-14-10-12(20)6-9-15(14)26-3/h4-10,16-17H,1-3H3,(H,22,23)(H2,21,24,25). The van der Waals surface area contributed by atoms with E-state index in [9.17, 15) is 17.6 Å². The van der Waals surface area contributed by atoms with Crippen LogP contribution in [0.1, 0.15) is 25.3 Å². The van der Waals surface area contributed by atoms with Gasteiger partial charge in [0.25, 0.3) is 0 Å². The van der Waals surface area contributed by atoms with Crippen molar-refractivity contribution in [1.82, 2.24) is 0 Å². The first kappa shape index (κ1) is 19.3. The predicted octanol–water partition coefficient (Wildman–Crippen LogP) is 2.86. The Labute approximate surface area is 157 Å². The number of methoxy groups -OCH3 is 1. The summed E-state index contributed by atoms with van der Waals surface area (Å²) in [6, 6.07) is 10.1. The summed E-state index contributed by atoms with van der Waals surface area (Å²) in [5, 5.41) is 7.85. The van der Waals surface area contributed by atoms with Crippen molar-refractivity contribution in [2.24, 2.45) is 16.5 Å². The minimum Gasteiger partial charge on any atom is -0.495 e. The van der Waals surface area contributed by atoms with Crippen LogP contribution in [-0.2, 0) is 14.8 Å². The van der Waals surface area contributed by atoms with Crippen molar-refractivity contribution in [1.29, 1.82) is 0 Å². The lowest BCUT2D eigenvalue weighted by molar-refractivity contribution is -0.118. The van der Waals surface area contributed by atoms with E-state index in [1.807, 2.05) is 13.8 Å². The fraction of sp³-hybridized carbons (Fsp3) is 0.316. The van der Waals surface area contributed by atoms with E-state index in [4.69, 9.17) is 9.88 Å². The van der Waals surface area contributed by atoms with Gasteiger partial charge in [0.2, 0.25) is 15.9 Å². The first-order chi connectivity index (χ1) is 12.6. The minimum absolute atomic E-state index is 0.0233. The average Bonchev–Trinajstić information content (AvgIpc) is 3.17. The molecule has 6 nitrogen and oxygen atoms in total. The fourth-order valence-electron chi connectivity index (χ4n) is 3.60. The molecule has 3 rings (SSSR count). The van der Waals surface area contributed by atoms with Crippen LogP contribution in [0, 0.1) is 17.2 Å². The Kier molecular flexibility index (Phi) is 4.73. The Morgan fingerprint density at radius 1 is 1.19 bits per heavy atom. The number of amides is 1. The molecule has 1 saturated carbocycles. The molecule has 0 radical (unpaired) electrons. The van der Waals surface area contributed by atoms with Gasteiger partial charge >= 0.3 is 0 Å². The van der Waals surface area contributed by atoms with Crippen molar-refractivity contribution >= 4 is 21.6 Å². The highest BCUT2D eigenvalue weighted by Crippen LogP contribution is 2.64. The molecule has 0 heterocycles. The average molecular weight is 392 g/mol. The van der Waals surface area contributed by atoms with Gasteiger partial charge < -0.3 is 10.1 Å². The number of hydrogen-bond acceptors (Lipinski definition) is 4. The maximum absolute atomic E-state index is 13.5. The molecule has 0 aliphatic heterocycles. The number of anilines is 1.